The highest BCUT2D eigenvalue weighted by Crippen LogP contribution is 2.37. The third-order valence-corrected chi connectivity index (χ3v) is 8.25. The molecule has 1 atom stereocenters. The number of rotatable bonds is 7. The predicted octanol–water partition coefficient (Wildman–Crippen LogP) is 4.19. The van der Waals surface area contributed by atoms with Crippen molar-refractivity contribution in [3.63, 3.8) is 0 Å². The number of likely N-dealkylation sites (tertiary alicyclic amines) is 1. The lowest BCUT2D eigenvalue weighted by Gasteiger charge is -2.32. The van der Waals surface area contributed by atoms with E-state index >= 15 is 0 Å². The molecule has 5 rings (SSSR count). The number of nitrogens with zero attached hydrogens (tertiary/aromatic N) is 3. The minimum atomic E-state index is -0.145. The SMILES string of the molecule is Cc1c(-c2ccc(SCCNC(=N)N)cc2)nc2n1CCc1ccccc1C2OC1CCN(C)CC1. The molecule has 1 unspecified atom stereocenters. The lowest BCUT2D eigenvalue weighted by molar-refractivity contribution is -0.0276. The first-order chi connectivity index (χ1) is 17.5. The molecule has 2 aliphatic heterocycles. The number of guanidine groups is 1. The van der Waals surface area contributed by atoms with E-state index in [9.17, 15) is 0 Å². The average Bonchev–Trinajstić information content (AvgIpc) is 3.12. The molecule has 3 heterocycles. The Kier molecular flexibility index (Phi) is 7.65. The number of nitrogens with one attached hydrogen (secondary N) is 2. The zero-order valence-electron chi connectivity index (χ0n) is 21.2. The van der Waals surface area contributed by atoms with Crippen molar-refractivity contribution >= 4 is 17.7 Å². The van der Waals surface area contributed by atoms with Crippen LogP contribution in [0.25, 0.3) is 11.3 Å². The van der Waals surface area contributed by atoms with Crippen molar-refractivity contribution in [1.29, 1.82) is 5.41 Å². The largest absolute Gasteiger partial charge is 0.370 e. The van der Waals surface area contributed by atoms with Crippen molar-refractivity contribution in [3.8, 4) is 11.3 Å². The molecule has 0 saturated carbocycles. The highest BCUT2D eigenvalue weighted by molar-refractivity contribution is 7.99. The van der Waals surface area contributed by atoms with Gasteiger partial charge >= 0.3 is 0 Å². The van der Waals surface area contributed by atoms with Crippen LogP contribution < -0.4 is 11.1 Å². The van der Waals surface area contributed by atoms with E-state index in [1.165, 1.54) is 21.7 Å². The van der Waals surface area contributed by atoms with Gasteiger partial charge in [-0.1, -0.05) is 36.4 Å². The summed E-state index contributed by atoms with van der Waals surface area (Å²) in [5.41, 5.74) is 11.3. The van der Waals surface area contributed by atoms with Crippen molar-refractivity contribution in [2.24, 2.45) is 5.73 Å². The predicted molar refractivity (Wildman–Crippen MR) is 147 cm³/mol. The van der Waals surface area contributed by atoms with Crippen LogP contribution in [0.1, 0.15) is 41.6 Å². The molecule has 0 bridgehead atoms. The van der Waals surface area contributed by atoms with E-state index < -0.39 is 0 Å². The van der Waals surface area contributed by atoms with E-state index in [0.717, 1.165) is 61.7 Å². The summed E-state index contributed by atoms with van der Waals surface area (Å²) in [6, 6.07) is 17.4. The Morgan fingerprint density at radius 1 is 1.14 bits per heavy atom. The summed E-state index contributed by atoms with van der Waals surface area (Å²) < 4.78 is 9.25. The Bertz CT molecular complexity index is 1200. The minimum absolute atomic E-state index is 0.0155. The van der Waals surface area contributed by atoms with Gasteiger partial charge in [0.25, 0.3) is 0 Å². The molecule has 0 spiro atoms. The number of aromatic nitrogens is 2. The Morgan fingerprint density at radius 2 is 1.89 bits per heavy atom. The highest BCUT2D eigenvalue weighted by atomic mass is 32.2. The summed E-state index contributed by atoms with van der Waals surface area (Å²) in [5, 5.41) is 10.1. The fourth-order valence-electron chi connectivity index (χ4n) is 5.21. The van der Waals surface area contributed by atoms with Gasteiger partial charge in [0.15, 0.2) is 5.96 Å². The van der Waals surface area contributed by atoms with Gasteiger partial charge in [0.1, 0.15) is 11.9 Å². The molecule has 36 heavy (non-hydrogen) atoms. The van der Waals surface area contributed by atoms with Crippen molar-refractivity contribution < 1.29 is 4.74 Å². The maximum Gasteiger partial charge on any atom is 0.185 e. The molecule has 0 amide bonds. The first-order valence-electron chi connectivity index (χ1n) is 12.8. The van der Waals surface area contributed by atoms with Crippen LogP contribution in [0.5, 0.6) is 0 Å². The van der Waals surface area contributed by atoms with Gasteiger partial charge in [-0.15, -0.1) is 11.8 Å². The molecule has 1 aromatic heterocycles. The second kappa shape index (κ2) is 11.1. The normalized spacial score (nSPS) is 18.3. The van der Waals surface area contributed by atoms with Gasteiger partial charge in [-0.05, 0) is 56.5 Å². The molecule has 1 saturated heterocycles. The topological polar surface area (TPSA) is 92.2 Å². The molecule has 3 aromatic rings. The molecular formula is C28H36N6OS. The number of piperidine rings is 1. The van der Waals surface area contributed by atoms with Crippen LogP contribution in [0.4, 0.5) is 0 Å². The number of thioether (sulfide) groups is 1. The number of hydrogen-bond donors (Lipinski definition) is 3. The van der Waals surface area contributed by atoms with Crippen molar-refractivity contribution in [1.82, 2.24) is 19.8 Å². The van der Waals surface area contributed by atoms with Gasteiger partial charge in [0.2, 0.25) is 0 Å². The van der Waals surface area contributed by atoms with Gasteiger partial charge in [0, 0.05) is 48.1 Å². The van der Waals surface area contributed by atoms with E-state index in [-0.39, 0.29) is 18.2 Å². The number of aryl methyl sites for hydroxylation is 1. The third kappa shape index (κ3) is 5.45. The van der Waals surface area contributed by atoms with Crippen LogP contribution in [0.15, 0.2) is 53.4 Å². The summed E-state index contributed by atoms with van der Waals surface area (Å²) in [6.45, 7) is 5.93. The quantitative estimate of drug-likeness (QED) is 0.193. The lowest BCUT2D eigenvalue weighted by atomic mass is 10.00. The Labute approximate surface area is 217 Å². The smallest absolute Gasteiger partial charge is 0.185 e. The minimum Gasteiger partial charge on any atom is -0.370 e. The number of hydrogen-bond acceptors (Lipinski definition) is 5. The molecule has 0 aliphatic carbocycles. The highest BCUT2D eigenvalue weighted by Gasteiger charge is 2.32. The van der Waals surface area contributed by atoms with Gasteiger partial charge < -0.3 is 25.3 Å². The fourth-order valence-corrected chi connectivity index (χ4v) is 5.98. The number of ether oxygens (including phenoxy) is 1. The molecule has 4 N–H and O–H groups in total. The summed E-state index contributed by atoms with van der Waals surface area (Å²) in [5.74, 6) is 1.90. The third-order valence-electron chi connectivity index (χ3n) is 7.24. The number of imidazole rings is 1. The summed E-state index contributed by atoms with van der Waals surface area (Å²) >= 11 is 1.75. The van der Waals surface area contributed by atoms with E-state index in [0.29, 0.717) is 6.54 Å². The molecule has 2 aliphatic rings. The Balaban J connectivity index is 1.41. The molecule has 8 heteroatoms. The first-order valence-corrected chi connectivity index (χ1v) is 13.8. The molecule has 190 valence electrons. The monoisotopic (exact) mass is 504 g/mol. The average molecular weight is 505 g/mol. The summed E-state index contributed by atoms with van der Waals surface area (Å²) in [7, 11) is 2.19. The van der Waals surface area contributed by atoms with E-state index in [2.05, 4.69) is 77.3 Å². The molecule has 0 radical (unpaired) electrons. The van der Waals surface area contributed by atoms with Crippen LogP contribution in [-0.4, -0.2) is 58.9 Å². The fraction of sp³-hybridized carbons (Fsp3) is 0.429. The van der Waals surface area contributed by atoms with Gasteiger partial charge in [0.05, 0.1) is 11.8 Å². The standard InChI is InChI=1S/C28H36N6OS/c1-19-25(21-7-9-23(10-8-21)36-18-14-31-28(29)30)32-27-26(35-22-12-15-33(2)16-13-22)24-6-4-3-5-20(24)11-17-34(19)27/h3-10,22,26H,11-18H2,1-2H3,(H4,29,30,31). The second-order valence-electron chi connectivity index (χ2n) is 9.74. The van der Waals surface area contributed by atoms with Gasteiger partial charge in [-0.3, -0.25) is 5.41 Å². The summed E-state index contributed by atoms with van der Waals surface area (Å²) in [4.78, 5) is 8.81. The summed E-state index contributed by atoms with van der Waals surface area (Å²) in [6.07, 6.45) is 3.20. The molecular weight excluding hydrogens is 468 g/mol. The molecule has 7 nitrogen and oxygen atoms in total. The maximum atomic E-state index is 7.26. The van der Waals surface area contributed by atoms with E-state index in [1.54, 1.807) is 11.8 Å². The zero-order valence-corrected chi connectivity index (χ0v) is 22.0. The van der Waals surface area contributed by atoms with Gasteiger partial charge in [-0.2, -0.15) is 0 Å². The zero-order chi connectivity index (χ0) is 25.1. The Hall–Kier alpha value is -2.81. The first kappa shape index (κ1) is 24.9. The number of fused-ring (bicyclic) bond motifs is 2. The van der Waals surface area contributed by atoms with Crippen molar-refractivity contribution in [2.75, 3.05) is 32.4 Å². The van der Waals surface area contributed by atoms with Crippen LogP contribution in [-0.2, 0) is 17.7 Å². The van der Waals surface area contributed by atoms with Crippen LogP contribution in [0.3, 0.4) is 0 Å². The van der Waals surface area contributed by atoms with Crippen molar-refractivity contribution in [2.45, 2.75) is 49.8 Å². The number of nitrogens with two attached hydrogens (primary N) is 1. The van der Waals surface area contributed by atoms with Crippen LogP contribution >= 0.6 is 11.8 Å². The lowest BCUT2D eigenvalue weighted by Crippen LogP contribution is -2.35. The molecule has 2 aromatic carbocycles. The van der Waals surface area contributed by atoms with Crippen LogP contribution in [0.2, 0.25) is 0 Å². The van der Waals surface area contributed by atoms with Crippen LogP contribution in [0, 0.1) is 12.3 Å². The maximum absolute atomic E-state index is 7.26. The van der Waals surface area contributed by atoms with E-state index in [1.807, 2.05) is 0 Å². The second-order valence-corrected chi connectivity index (χ2v) is 10.9. The Morgan fingerprint density at radius 3 is 2.64 bits per heavy atom. The van der Waals surface area contributed by atoms with Crippen molar-refractivity contribution in [3.05, 3.63) is 71.2 Å². The molecule has 1 fully saturated rings. The van der Waals surface area contributed by atoms with Gasteiger partial charge in [-0.25, -0.2) is 4.98 Å². The van der Waals surface area contributed by atoms with E-state index in [4.69, 9.17) is 20.9 Å². The number of benzene rings is 2.